The molecule has 0 aromatic carbocycles. The first-order valence-corrected chi connectivity index (χ1v) is 6.54. The zero-order valence-electron chi connectivity index (χ0n) is 10.2. The molecule has 0 heterocycles. The second-order valence-electron chi connectivity index (χ2n) is 6.89. The Morgan fingerprint density at radius 2 is 1.64 bits per heavy atom. The molecule has 2 aliphatic rings. The van der Waals surface area contributed by atoms with E-state index in [1.807, 2.05) is 0 Å². The van der Waals surface area contributed by atoms with Crippen molar-refractivity contribution in [2.24, 2.45) is 23.2 Å². The summed E-state index contributed by atoms with van der Waals surface area (Å²) in [7, 11) is 0. The van der Waals surface area contributed by atoms with Crippen molar-refractivity contribution in [3.8, 4) is 0 Å². The van der Waals surface area contributed by atoms with Crippen molar-refractivity contribution in [2.45, 2.75) is 65.7 Å². The molecule has 0 bridgehead atoms. The Bertz CT molecular complexity index is 187. The van der Waals surface area contributed by atoms with Gasteiger partial charge in [0.25, 0.3) is 0 Å². The largest absolute Gasteiger partial charge is 0.0602 e. The summed E-state index contributed by atoms with van der Waals surface area (Å²) in [5, 5.41) is 0. The zero-order valence-corrected chi connectivity index (χ0v) is 10.2. The summed E-state index contributed by atoms with van der Waals surface area (Å²) in [5.41, 5.74) is 0.552. The molecule has 3 atom stereocenters. The highest BCUT2D eigenvalue weighted by atomic mass is 14.4. The van der Waals surface area contributed by atoms with Crippen LogP contribution < -0.4 is 0 Å². The Hall–Kier alpha value is 0. The monoisotopic (exact) mass is 194 g/mol. The fourth-order valence-corrected chi connectivity index (χ4v) is 3.85. The van der Waals surface area contributed by atoms with Crippen LogP contribution in [0.5, 0.6) is 0 Å². The van der Waals surface area contributed by atoms with E-state index in [2.05, 4.69) is 20.8 Å². The molecule has 2 aliphatic carbocycles. The topological polar surface area (TPSA) is 0 Å². The predicted octanol–water partition coefficient (Wildman–Crippen LogP) is 4.64. The smallest absolute Gasteiger partial charge is 0.0380 e. The van der Waals surface area contributed by atoms with Crippen LogP contribution in [0.15, 0.2) is 0 Å². The molecule has 82 valence electrons. The quantitative estimate of drug-likeness (QED) is 0.570. The van der Waals surface area contributed by atoms with Gasteiger partial charge in [-0.25, -0.2) is 0 Å². The van der Waals surface area contributed by atoms with Crippen LogP contribution in [0.2, 0.25) is 0 Å². The molecular weight excluding hydrogens is 168 g/mol. The van der Waals surface area contributed by atoms with Gasteiger partial charge < -0.3 is 0 Å². The van der Waals surface area contributed by atoms with E-state index in [1.54, 1.807) is 25.7 Å². The van der Waals surface area contributed by atoms with Gasteiger partial charge in [-0.2, -0.15) is 0 Å². The predicted molar refractivity (Wildman–Crippen MR) is 62.2 cm³/mol. The fraction of sp³-hybridized carbons (Fsp3) is 1.00. The molecule has 0 N–H and O–H groups in total. The molecule has 0 radical (unpaired) electrons. The number of rotatable bonds is 1. The van der Waals surface area contributed by atoms with Crippen LogP contribution in [0.4, 0.5) is 0 Å². The Labute approximate surface area is 89.5 Å². The Balaban J connectivity index is 1.85. The van der Waals surface area contributed by atoms with Crippen LogP contribution in [0.3, 0.4) is 0 Å². The molecule has 2 saturated carbocycles. The number of hydrogen-bond donors (Lipinski definition) is 0. The van der Waals surface area contributed by atoms with Gasteiger partial charge in [0.2, 0.25) is 0 Å². The maximum atomic E-state index is 2.40. The minimum absolute atomic E-state index is 0.552. The second-order valence-corrected chi connectivity index (χ2v) is 6.89. The van der Waals surface area contributed by atoms with Crippen LogP contribution in [-0.4, -0.2) is 0 Å². The van der Waals surface area contributed by atoms with Gasteiger partial charge in [-0.3, -0.25) is 0 Å². The number of hydrogen-bond acceptors (Lipinski definition) is 0. The summed E-state index contributed by atoms with van der Waals surface area (Å²) >= 11 is 0. The van der Waals surface area contributed by atoms with Gasteiger partial charge in [0.05, 0.1) is 0 Å². The van der Waals surface area contributed by atoms with Crippen molar-refractivity contribution in [1.82, 2.24) is 0 Å². The van der Waals surface area contributed by atoms with E-state index in [4.69, 9.17) is 0 Å². The van der Waals surface area contributed by atoms with Gasteiger partial charge in [-0.1, -0.05) is 46.5 Å². The zero-order chi connectivity index (χ0) is 10.2. The minimum atomic E-state index is 0.552. The second kappa shape index (κ2) is 3.87. The average Bonchev–Trinajstić information content (AvgIpc) is 2.47. The SMILES string of the molecule is CC(C)(C)CC1CCC2CCCC2C1. The van der Waals surface area contributed by atoms with Gasteiger partial charge in [0.15, 0.2) is 0 Å². The molecule has 0 saturated heterocycles. The highest BCUT2D eigenvalue weighted by molar-refractivity contribution is 4.86. The molecule has 3 unspecified atom stereocenters. The Morgan fingerprint density at radius 3 is 2.36 bits per heavy atom. The van der Waals surface area contributed by atoms with E-state index >= 15 is 0 Å². The molecule has 0 amide bonds. The fourth-order valence-electron chi connectivity index (χ4n) is 3.85. The average molecular weight is 194 g/mol. The lowest BCUT2D eigenvalue weighted by Gasteiger charge is -2.35. The third kappa shape index (κ3) is 2.52. The van der Waals surface area contributed by atoms with Crippen molar-refractivity contribution >= 4 is 0 Å². The summed E-state index contributed by atoms with van der Waals surface area (Å²) in [6, 6.07) is 0. The summed E-state index contributed by atoms with van der Waals surface area (Å²) in [5.74, 6) is 3.30. The lowest BCUT2D eigenvalue weighted by molar-refractivity contribution is 0.162. The third-order valence-electron chi connectivity index (χ3n) is 4.30. The molecule has 2 fully saturated rings. The Kier molecular flexibility index (Phi) is 2.91. The van der Waals surface area contributed by atoms with Gasteiger partial charge in [-0.15, -0.1) is 0 Å². The van der Waals surface area contributed by atoms with Gasteiger partial charge in [0, 0.05) is 0 Å². The molecule has 0 spiro atoms. The van der Waals surface area contributed by atoms with E-state index in [-0.39, 0.29) is 0 Å². The highest BCUT2D eigenvalue weighted by Gasteiger charge is 2.34. The molecule has 0 nitrogen and oxygen atoms in total. The molecule has 2 rings (SSSR count). The lowest BCUT2D eigenvalue weighted by Crippen LogP contribution is -2.24. The van der Waals surface area contributed by atoms with Crippen molar-refractivity contribution < 1.29 is 0 Å². The molecule has 0 aromatic rings. The van der Waals surface area contributed by atoms with Gasteiger partial charge >= 0.3 is 0 Å². The van der Waals surface area contributed by atoms with Crippen molar-refractivity contribution in [3.63, 3.8) is 0 Å². The van der Waals surface area contributed by atoms with E-state index in [1.165, 1.54) is 19.3 Å². The first kappa shape index (κ1) is 10.5. The minimum Gasteiger partial charge on any atom is -0.0602 e. The van der Waals surface area contributed by atoms with Crippen LogP contribution >= 0.6 is 0 Å². The lowest BCUT2D eigenvalue weighted by atomic mass is 9.71. The molecule has 0 aliphatic heterocycles. The van der Waals surface area contributed by atoms with Gasteiger partial charge in [-0.05, 0) is 42.4 Å². The Morgan fingerprint density at radius 1 is 0.929 bits per heavy atom. The van der Waals surface area contributed by atoms with E-state index in [0.29, 0.717) is 5.41 Å². The normalized spacial score (nSPS) is 38.4. The first-order chi connectivity index (χ1) is 6.54. The maximum absolute atomic E-state index is 2.40. The van der Waals surface area contributed by atoms with E-state index in [0.717, 1.165) is 17.8 Å². The van der Waals surface area contributed by atoms with Crippen molar-refractivity contribution in [1.29, 1.82) is 0 Å². The standard InChI is InChI=1S/C14H26/c1-14(2,3)10-11-7-8-12-5-4-6-13(12)9-11/h11-13H,4-10H2,1-3H3. The summed E-state index contributed by atoms with van der Waals surface area (Å²) in [6.07, 6.45) is 10.7. The van der Waals surface area contributed by atoms with Crippen LogP contribution in [0.25, 0.3) is 0 Å². The first-order valence-electron chi connectivity index (χ1n) is 6.54. The molecule has 0 heteroatoms. The summed E-state index contributed by atoms with van der Waals surface area (Å²) in [4.78, 5) is 0. The molecule has 14 heavy (non-hydrogen) atoms. The van der Waals surface area contributed by atoms with E-state index in [9.17, 15) is 0 Å². The molecular formula is C14H26. The molecule has 0 aromatic heterocycles. The summed E-state index contributed by atoms with van der Waals surface area (Å²) in [6.45, 7) is 7.19. The highest BCUT2D eigenvalue weighted by Crippen LogP contribution is 2.46. The van der Waals surface area contributed by atoms with Crippen LogP contribution in [-0.2, 0) is 0 Å². The van der Waals surface area contributed by atoms with Crippen LogP contribution in [0, 0.1) is 23.2 Å². The van der Waals surface area contributed by atoms with Crippen molar-refractivity contribution in [2.75, 3.05) is 0 Å². The summed E-state index contributed by atoms with van der Waals surface area (Å²) < 4.78 is 0. The van der Waals surface area contributed by atoms with Crippen molar-refractivity contribution in [3.05, 3.63) is 0 Å². The van der Waals surface area contributed by atoms with Crippen LogP contribution in [0.1, 0.15) is 65.7 Å². The van der Waals surface area contributed by atoms with E-state index < -0.39 is 0 Å². The maximum Gasteiger partial charge on any atom is -0.0380 e. The third-order valence-corrected chi connectivity index (χ3v) is 4.30. The van der Waals surface area contributed by atoms with Gasteiger partial charge in [0.1, 0.15) is 0 Å². The number of fused-ring (bicyclic) bond motifs is 1.